The van der Waals surface area contributed by atoms with Gasteiger partial charge in [0.15, 0.2) is 5.69 Å². The lowest BCUT2D eigenvalue weighted by molar-refractivity contribution is 0.0705. The number of carbonyl (C=O) groups is 1. The van der Waals surface area contributed by atoms with Crippen molar-refractivity contribution in [3.8, 4) is 0 Å². The number of hydrogen-bond acceptors (Lipinski definition) is 4. The molecule has 1 aliphatic heterocycles. The molecule has 1 saturated heterocycles. The number of amides is 1. The van der Waals surface area contributed by atoms with E-state index in [-0.39, 0.29) is 11.9 Å². The summed E-state index contributed by atoms with van der Waals surface area (Å²) in [5, 5.41) is 8.17. The molecule has 122 valence electrons. The van der Waals surface area contributed by atoms with Crippen LogP contribution in [0.15, 0.2) is 6.20 Å². The average molecular weight is 306 g/mol. The Bertz CT molecular complexity index is 490. The number of aryl methyl sites for hydroxylation is 1. The summed E-state index contributed by atoms with van der Waals surface area (Å²) in [5.74, 6) is 0.759. The lowest BCUT2D eigenvalue weighted by Gasteiger charge is -2.21. The van der Waals surface area contributed by atoms with Crippen molar-refractivity contribution < 1.29 is 9.53 Å². The third-order valence-electron chi connectivity index (χ3n) is 5.02. The SMILES string of the molecule is CN(C(=O)c1cn(CCC2CCCCC2)nn1)[C@@H]1CCOC1. The fourth-order valence-corrected chi connectivity index (χ4v) is 3.47. The van der Waals surface area contributed by atoms with Crippen molar-refractivity contribution >= 4 is 5.91 Å². The summed E-state index contributed by atoms with van der Waals surface area (Å²) in [6, 6.07) is 0.167. The van der Waals surface area contributed by atoms with Gasteiger partial charge in [0.05, 0.1) is 18.8 Å². The minimum atomic E-state index is -0.0561. The quantitative estimate of drug-likeness (QED) is 0.836. The van der Waals surface area contributed by atoms with Gasteiger partial charge in [-0.1, -0.05) is 37.3 Å². The molecule has 1 atom stereocenters. The van der Waals surface area contributed by atoms with Crippen LogP contribution < -0.4 is 0 Å². The Kier molecular flexibility index (Phi) is 5.08. The number of nitrogens with zero attached hydrogens (tertiary/aromatic N) is 4. The minimum Gasteiger partial charge on any atom is -0.379 e. The molecule has 1 aliphatic carbocycles. The normalized spacial score (nSPS) is 22.9. The molecular weight excluding hydrogens is 280 g/mol. The summed E-state index contributed by atoms with van der Waals surface area (Å²) < 4.78 is 7.16. The van der Waals surface area contributed by atoms with E-state index in [1.54, 1.807) is 11.1 Å². The van der Waals surface area contributed by atoms with Crippen molar-refractivity contribution in [2.24, 2.45) is 5.92 Å². The summed E-state index contributed by atoms with van der Waals surface area (Å²) in [6.07, 6.45) is 10.6. The third-order valence-corrected chi connectivity index (χ3v) is 5.02. The van der Waals surface area contributed by atoms with Crippen molar-refractivity contribution in [3.05, 3.63) is 11.9 Å². The monoisotopic (exact) mass is 306 g/mol. The fourth-order valence-electron chi connectivity index (χ4n) is 3.47. The number of ether oxygens (including phenoxy) is 1. The maximum absolute atomic E-state index is 12.4. The molecule has 2 heterocycles. The zero-order valence-corrected chi connectivity index (χ0v) is 13.4. The van der Waals surface area contributed by atoms with Crippen LogP contribution in [0.25, 0.3) is 0 Å². The molecule has 2 fully saturated rings. The molecule has 2 aliphatic rings. The summed E-state index contributed by atoms with van der Waals surface area (Å²) in [7, 11) is 1.82. The van der Waals surface area contributed by atoms with Crippen LogP contribution in [0.4, 0.5) is 0 Å². The zero-order chi connectivity index (χ0) is 15.4. The first-order chi connectivity index (χ1) is 10.7. The predicted molar refractivity (Wildman–Crippen MR) is 82.5 cm³/mol. The van der Waals surface area contributed by atoms with Gasteiger partial charge in [-0.3, -0.25) is 9.48 Å². The molecule has 6 nitrogen and oxygen atoms in total. The van der Waals surface area contributed by atoms with Crippen molar-refractivity contribution in [1.29, 1.82) is 0 Å². The number of likely N-dealkylation sites (N-methyl/N-ethyl adjacent to an activating group) is 1. The number of rotatable bonds is 5. The first kappa shape index (κ1) is 15.5. The van der Waals surface area contributed by atoms with E-state index < -0.39 is 0 Å². The van der Waals surface area contributed by atoms with E-state index in [0.717, 1.165) is 31.9 Å². The highest BCUT2D eigenvalue weighted by Crippen LogP contribution is 2.26. The van der Waals surface area contributed by atoms with Gasteiger partial charge in [-0.2, -0.15) is 0 Å². The standard InChI is InChI=1S/C16H26N4O2/c1-19(14-8-10-22-12-14)16(21)15-11-20(18-17-15)9-7-13-5-3-2-4-6-13/h11,13-14H,2-10,12H2,1H3/t14-/m1/s1. The molecule has 1 saturated carbocycles. The molecular formula is C16H26N4O2. The highest BCUT2D eigenvalue weighted by Gasteiger charge is 2.26. The highest BCUT2D eigenvalue weighted by atomic mass is 16.5. The summed E-state index contributed by atoms with van der Waals surface area (Å²) >= 11 is 0. The Morgan fingerprint density at radius 3 is 2.91 bits per heavy atom. The Hall–Kier alpha value is -1.43. The Balaban J connectivity index is 1.52. The smallest absolute Gasteiger partial charge is 0.276 e. The van der Waals surface area contributed by atoms with Gasteiger partial charge in [0.2, 0.25) is 0 Å². The predicted octanol–water partition coefficient (Wildman–Crippen LogP) is 2.11. The van der Waals surface area contributed by atoms with Crippen LogP contribution in [0.1, 0.15) is 55.4 Å². The molecule has 3 rings (SSSR count). The Labute approximate surface area is 131 Å². The van der Waals surface area contributed by atoms with Crippen molar-refractivity contribution in [1.82, 2.24) is 19.9 Å². The van der Waals surface area contributed by atoms with Gasteiger partial charge in [-0.05, 0) is 18.8 Å². The minimum absolute atomic E-state index is 0.0561. The number of hydrogen-bond donors (Lipinski definition) is 0. The van der Waals surface area contributed by atoms with Crippen LogP contribution in [0, 0.1) is 5.92 Å². The lowest BCUT2D eigenvalue weighted by atomic mass is 9.87. The summed E-state index contributed by atoms with van der Waals surface area (Å²) in [6.45, 7) is 2.22. The van der Waals surface area contributed by atoms with E-state index in [1.165, 1.54) is 32.1 Å². The van der Waals surface area contributed by atoms with Crippen molar-refractivity contribution in [3.63, 3.8) is 0 Å². The number of carbonyl (C=O) groups excluding carboxylic acids is 1. The molecule has 22 heavy (non-hydrogen) atoms. The fraction of sp³-hybridized carbons (Fsp3) is 0.812. The van der Waals surface area contributed by atoms with Gasteiger partial charge in [-0.15, -0.1) is 5.10 Å². The van der Waals surface area contributed by atoms with E-state index >= 15 is 0 Å². The van der Waals surface area contributed by atoms with Crippen LogP contribution in [-0.4, -0.2) is 52.1 Å². The van der Waals surface area contributed by atoms with Gasteiger partial charge < -0.3 is 9.64 Å². The molecule has 1 amide bonds. The second-order valence-electron chi connectivity index (χ2n) is 6.59. The first-order valence-corrected chi connectivity index (χ1v) is 8.49. The van der Waals surface area contributed by atoms with E-state index in [4.69, 9.17) is 4.74 Å². The molecule has 0 aromatic carbocycles. The van der Waals surface area contributed by atoms with Gasteiger partial charge in [0.1, 0.15) is 0 Å². The van der Waals surface area contributed by atoms with Gasteiger partial charge in [0.25, 0.3) is 5.91 Å². The maximum Gasteiger partial charge on any atom is 0.276 e. The summed E-state index contributed by atoms with van der Waals surface area (Å²) in [5.41, 5.74) is 0.443. The second-order valence-corrected chi connectivity index (χ2v) is 6.59. The Morgan fingerprint density at radius 1 is 1.36 bits per heavy atom. The van der Waals surface area contributed by atoms with Crippen molar-refractivity contribution in [2.75, 3.05) is 20.3 Å². The van der Waals surface area contributed by atoms with Crippen LogP contribution >= 0.6 is 0 Å². The maximum atomic E-state index is 12.4. The van der Waals surface area contributed by atoms with Crippen LogP contribution in [0.2, 0.25) is 0 Å². The highest BCUT2D eigenvalue weighted by molar-refractivity contribution is 5.91. The molecule has 0 N–H and O–H groups in total. The molecule has 6 heteroatoms. The average Bonchev–Trinajstić information content (AvgIpc) is 3.24. The first-order valence-electron chi connectivity index (χ1n) is 8.49. The summed E-state index contributed by atoms with van der Waals surface area (Å²) in [4.78, 5) is 14.1. The van der Waals surface area contributed by atoms with Crippen LogP contribution in [0.3, 0.4) is 0 Å². The lowest BCUT2D eigenvalue weighted by Crippen LogP contribution is -2.37. The van der Waals surface area contributed by atoms with E-state index in [0.29, 0.717) is 12.3 Å². The van der Waals surface area contributed by atoms with Crippen molar-refractivity contribution in [2.45, 2.75) is 57.5 Å². The van der Waals surface area contributed by atoms with E-state index in [9.17, 15) is 4.79 Å². The van der Waals surface area contributed by atoms with Crippen LogP contribution in [0.5, 0.6) is 0 Å². The van der Waals surface area contributed by atoms with E-state index in [2.05, 4.69) is 10.3 Å². The van der Waals surface area contributed by atoms with E-state index in [1.807, 2.05) is 11.7 Å². The topological polar surface area (TPSA) is 60.2 Å². The molecule has 0 bridgehead atoms. The van der Waals surface area contributed by atoms with Gasteiger partial charge >= 0.3 is 0 Å². The Morgan fingerprint density at radius 2 is 2.18 bits per heavy atom. The second kappa shape index (κ2) is 7.22. The molecule has 1 aromatic rings. The molecule has 0 unspecified atom stereocenters. The van der Waals surface area contributed by atoms with Gasteiger partial charge in [0, 0.05) is 20.2 Å². The number of aromatic nitrogens is 3. The van der Waals surface area contributed by atoms with Gasteiger partial charge in [-0.25, -0.2) is 0 Å². The third kappa shape index (κ3) is 3.66. The largest absolute Gasteiger partial charge is 0.379 e. The molecule has 0 radical (unpaired) electrons. The molecule has 1 aromatic heterocycles. The zero-order valence-electron chi connectivity index (χ0n) is 13.4. The van der Waals surface area contributed by atoms with Crippen LogP contribution in [-0.2, 0) is 11.3 Å². The molecule has 0 spiro atoms.